The van der Waals surface area contributed by atoms with Gasteiger partial charge in [0.05, 0.1) is 58.5 Å². The minimum Gasteiger partial charge on any atom is -0.464 e. The van der Waals surface area contributed by atoms with Crippen LogP contribution in [-0.2, 0) is 67.9 Å². The zero-order valence-electron chi connectivity index (χ0n) is 27.9. The number of ether oxygens (including phenoxy) is 3. The van der Waals surface area contributed by atoms with Gasteiger partial charge in [-0.1, -0.05) is 18.2 Å². The third-order valence-electron chi connectivity index (χ3n) is 6.39. The maximum absolute atomic E-state index is 12.7. The lowest BCUT2D eigenvalue weighted by molar-refractivity contribution is -0.144. The van der Waals surface area contributed by atoms with E-state index in [1.54, 1.807) is 0 Å². The Morgan fingerprint density at radius 1 is 0.451 bits per heavy atom. The van der Waals surface area contributed by atoms with E-state index in [0.717, 1.165) is 27.4 Å². The molecule has 2 aromatic rings. The third-order valence-corrected chi connectivity index (χ3v) is 7.06. The van der Waals surface area contributed by atoms with Crippen molar-refractivity contribution in [3.63, 3.8) is 0 Å². The van der Waals surface area contributed by atoms with E-state index in [-0.39, 0.29) is 95.6 Å². The Bertz CT molecular complexity index is 1630. The van der Waals surface area contributed by atoms with Gasteiger partial charge >= 0.3 is 52.0 Å². The largest absolute Gasteiger partial charge is 0.464 e. The van der Waals surface area contributed by atoms with Crippen molar-refractivity contribution in [1.29, 1.82) is 0 Å². The average molecular weight is 775 g/mol. The predicted molar refractivity (Wildman–Crippen MR) is 197 cm³/mol. The molecular weight excluding hydrogens is 733 g/mol. The maximum atomic E-state index is 12.7. The molecule has 0 spiro atoms. The molecule has 0 unspecified atom stereocenters. The van der Waals surface area contributed by atoms with Crippen LogP contribution >= 0.6 is 37.9 Å². The van der Waals surface area contributed by atoms with Crippen LogP contribution in [-0.4, -0.2) is 82.4 Å². The summed E-state index contributed by atoms with van der Waals surface area (Å²) in [6.07, 6.45) is 4.42. The SMILES string of the molecule is C=CCn1c(=O)n(CC=C)c(=O)n(CC=C)c1=O.O=C(CCS)OCCn1c(=O)n(CCOC(=O)CCS)c(=O)n(CCOC(=O)CCS)c1=O. The van der Waals surface area contributed by atoms with E-state index in [4.69, 9.17) is 14.2 Å². The molecule has 282 valence electrons. The van der Waals surface area contributed by atoms with Crippen LogP contribution in [0.2, 0.25) is 0 Å². The predicted octanol–water partition coefficient (Wildman–Crippen LogP) is -1.51. The smallest absolute Gasteiger partial charge is 0.336 e. The van der Waals surface area contributed by atoms with E-state index in [1.165, 1.54) is 18.2 Å². The zero-order valence-corrected chi connectivity index (χ0v) is 30.6. The molecule has 2 heterocycles. The van der Waals surface area contributed by atoms with Gasteiger partial charge in [0.1, 0.15) is 19.8 Å². The summed E-state index contributed by atoms with van der Waals surface area (Å²) in [5.41, 5.74) is -4.85. The maximum Gasteiger partial charge on any atom is 0.336 e. The van der Waals surface area contributed by atoms with Crippen molar-refractivity contribution in [2.75, 3.05) is 37.1 Å². The number of rotatable bonds is 21. The number of carbonyl (C=O) groups excluding carboxylic acids is 3. The normalized spacial score (nSPS) is 10.4. The van der Waals surface area contributed by atoms with E-state index in [1.807, 2.05) is 0 Å². The van der Waals surface area contributed by atoms with E-state index in [2.05, 4.69) is 57.6 Å². The molecule has 18 nitrogen and oxygen atoms in total. The summed E-state index contributed by atoms with van der Waals surface area (Å²) < 4.78 is 19.9. The number of hydrogen-bond acceptors (Lipinski definition) is 15. The summed E-state index contributed by atoms with van der Waals surface area (Å²) in [5.74, 6) is -0.853. The first-order chi connectivity index (χ1) is 24.3. The Labute approximate surface area is 307 Å². The van der Waals surface area contributed by atoms with Gasteiger partial charge in [0, 0.05) is 17.3 Å². The molecule has 21 heteroatoms. The number of allylic oxidation sites excluding steroid dienone is 3. The average Bonchev–Trinajstić information content (AvgIpc) is 3.08. The van der Waals surface area contributed by atoms with Gasteiger partial charge in [-0.2, -0.15) is 37.9 Å². The molecule has 51 heavy (non-hydrogen) atoms. The fourth-order valence-corrected chi connectivity index (χ4v) is 4.59. The van der Waals surface area contributed by atoms with Crippen molar-refractivity contribution in [2.24, 2.45) is 0 Å². The topological polar surface area (TPSA) is 211 Å². The fraction of sp³-hybridized carbons (Fsp3) is 0.500. The molecule has 2 aromatic heterocycles. The first-order valence-electron chi connectivity index (χ1n) is 15.4. The molecule has 0 atom stereocenters. The van der Waals surface area contributed by atoms with Gasteiger partial charge in [-0.3, -0.25) is 14.4 Å². The van der Waals surface area contributed by atoms with Crippen molar-refractivity contribution in [1.82, 2.24) is 27.4 Å². The molecule has 0 aliphatic carbocycles. The highest BCUT2D eigenvalue weighted by Gasteiger charge is 2.17. The molecule has 0 N–H and O–H groups in total. The number of esters is 3. The summed E-state index contributed by atoms with van der Waals surface area (Å²) in [4.78, 5) is 109. The Morgan fingerprint density at radius 2 is 0.667 bits per heavy atom. The standard InChI is InChI=1S/C18H27N3O9S3.C12H15N3O3/c22-13(1-10-31)28-7-4-19-16(25)20(5-8-29-14(23)2-11-32)18(27)21(17(19)26)6-9-30-15(24)3-12-33;1-4-7-13-10(16)14(8-5-2)12(18)15(9-6-3)11(13)17/h31-33H,1-12H2;4-6H,1-3,7-9H2. The first kappa shape index (κ1) is 44.5. The van der Waals surface area contributed by atoms with Crippen LogP contribution in [0.15, 0.2) is 66.7 Å². The molecule has 0 aliphatic heterocycles. The van der Waals surface area contributed by atoms with Gasteiger partial charge in [-0.25, -0.2) is 56.2 Å². The lowest BCUT2D eigenvalue weighted by atomic mass is 10.5. The summed E-state index contributed by atoms with van der Waals surface area (Å²) in [6.45, 7) is 8.79. The number of nitrogens with zero attached hydrogens (tertiary/aromatic N) is 6. The summed E-state index contributed by atoms with van der Waals surface area (Å²) in [6, 6.07) is 0. The van der Waals surface area contributed by atoms with Gasteiger partial charge in [-0.05, 0) is 0 Å². The molecular formula is C30H42N6O12S3. The Kier molecular flexibility index (Phi) is 20.8. The van der Waals surface area contributed by atoms with Crippen molar-refractivity contribution < 1.29 is 28.6 Å². The van der Waals surface area contributed by atoms with E-state index >= 15 is 0 Å². The number of carbonyl (C=O) groups is 3. The monoisotopic (exact) mass is 774 g/mol. The summed E-state index contributed by atoms with van der Waals surface area (Å²) >= 11 is 11.7. The molecule has 0 aromatic carbocycles. The lowest BCUT2D eigenvalue weighted by Gasteiger charge is -2.14. The van der Waals surface area contributed by atoms with Crippen LogP contribution in [0.1, 0.15) is 19.3 Å². The first-order valence-corrected chi connectivity index (χ1v) is 17.3. The zero-order chi connectivity index (χ0) is 38.5. The second-order valence-corrected chi connectivity index (χ2v) is 11.3. The van der Waals surface area contributed by atoms with E-state index in [0.29, 0.717) is 0 Å². The van der Waals surface area contributed by atoms with Crippen molar-refractivity contribution >= 4 is 55.8 Å². The van der Waals surface area contributed by atoms with Crippen molar-refractivity contribution in [3.05, 3.63) is 101 Å². The second-order valence-electron chi connectivity index (χ2n) is 9.93. The van der Waals surface area contributed by atoms with Gasteiger partial charge in [0.25, 0.3) is 0 Å². The van der Waals surface area contributed by atoms with Crippen LogP contribution in [0.3, 0.4) is 0 Å². The second kappa shape index (κ2) is 23.8. The van der Waals surface area contributed by atoms with Crippen LogP contribution in [0.4, 0.5) is 0 Å². The summed E-state index contributed by atoms with van der Waals surface area (Å²) in [5, 5.41) is 0. The summed E-state index contributed by atoms with van der Waals surface area (Å²) in [7, 11) is 0. The molecule has 0 bridgehead atoms. The Hall–Kier alpha value is -4.50. The fourth-order valence-electron chi connectivity index (χ4n) is 4.04. The van der Waals surface area contributed by atoms with Gasteiger partial charge in [0.15, 0.2) is 0 Å². The number of aromatic nitrogens is 6. The molecule has 0 aliphatic rings. The minimum atomic E-state index is -0.955. The van der Waals surface area contributed by atoms with Gasteiger partial charge in [-0.15, -0.1) is 19.7 Å². The lowest BCUT2D eigenvalue weighted by Crippen LogP contribution is -2.55. The van der Waals surface area contributed by atoms with Crippen LogP contribution < -0.4 is 34.1 Å². The van der Waals surface area contributed by atoms with Crippen molar-refractivity contribution in [3.8, 4) is 0 Å². The van der Waals surface area contributed by atoms with E-state index < -0.39 is 52.0 Å². The molecule has 0 amide bonds. The van der Waals surface area contributed by atoms with Crippen LogP contribution in [0, 0.1) is 0 Å². The van der Waals surface area contributed by atoms with Gasteiger partial charge < -0.3 is 14.2 Å². The highest BCUT2D eigenvalue weighted by Crippen LogP contribution is 1.93. The molecule has 0 saturated heterocycles. The number of hydrogen-bond donors (Lipinski definition) is 3. The molecule has 0 radical (unpaired) electrons. The quantitative estimate of drug-likeness (QED) is 0.0573. The number of thiol groups is 3. The van der Waals surface area contributed by atoms with Crippen LogP contribution in [0.25, 0.3) is 0 Å². The third kappa shape index (κ3) is 13.6. The Balaban J connectivity index is 0.000000607. The molecule has 0 fully saturated rings. The minimum absolute atomic E-state index is 0.0478. The Morgan fingerprint density at radius 3 is 0.863 bits per heavy atom. The highest BCUT2D eigenvalue weighted by atomic mass is 32.1. The van der Waals surface area contributed by atoms with Gasteiger partial charge in [0.2, 0.25) is 0 Å². The highest BCUT2D eigenvalue weighted by molar-refractivity contribution is 7.80. The van der Waals surface area contributed by atoms with Crippen molar-refractivity contribution in [2.45, 2.75) is 58.5 Å². The molecule has 2 rings (SSSR count). The van der Waals surface area contributed by atoms with E-state index in [9.17, 15) is 43.2 Å². The van der Waals surface area contributed by atoms with Crippen LogP contribution in [0.5, 0.6) is 0 Å². The molecule has 0 saturated carbocycles.